The molecule has 0 aliphatic carbocycles. The van der Waals surface area contributed by atoms with Gasteiger partial charge >= 0.3 is 0 Å². The minimum Gasteiger partial charge on any atom is -0.324 e. The third-order valence-electron chi connectivity index (χ3n) is 4.11. The number of hydrogen-bond donors (Lipinski definition) is 2. The Balaban J connectivity index is 1.70. The average Bonchev–Trinajstić information content (AvgIpc) is 2.61. The lowest BCUT2D eigenvalue weighted by molar-refractivity contribution is 0.102. The molecule has 0 fully saturated rings. The van der Waals surface area contributed by atoms with E-state index in [2.05, 4.69) is 27.5 Å². The third kappa shape index (κ3) is 4.18. The van der Waals surface area contributed by atoms with E-state index in [4.69, 9.17) is 11.6 Å². The minimum absolute atomic E-state index is 0.270. The normalized spacial score (nSPS) is 10.5. The quantitative estimate of drug-likeness (QED) is 0.678. The van der Waals surface area contributed by atoms with E-state index in [0.717, 1.165) is 11.3 Å². The smallest absolute Gasteiger partial charge is 0.258 e. The van der Waals surface area contributed by atoms with Crippen LogP contribution in [0.5, 0.6) is 0 Å². The Morgan fingerprint density at radius 2 is 1.65 bits per heavy atom. The predicted molar refractivity (Wildman–Crippen MR) is 105 cm³/mol. The molecule has 0 saturated carbocycles. The van der Waals surface area contributed by atoms with E-state index in [1.807, 2.05) is 32.0 Å². The Kier molecular flexibility index (Phi) is 5.19. The summed E-state index contributed by atoms with van der Waals surface area (Å²) in [5, 5.41) is 6.60. The second-order valence-electron chi connectivity index (χ2n) is 6.13. The molecule has 0 spiro atoms. The van der Waals surface area contributed by atoms with Gasteiger partial charge in [0.1, 0.15) is 0 Å². The van der Waals surface area contributed by atoms with E-state index in [0.29, 0.717) is 22.2 Å². The van der Waals surface area contributed by atoms with Crippen molar-refractivity contribution in [3.63, 3.8) is 0 Å². The Hall–Kier alpha value is -2.92. The van der Waals surface area contributed by atoms with Crippen LogP contribution in [-0.4, -0.2) is 15.9 Å². The van der Waals surface area contributed by atoms with Gasteiger partial charge in [0, 0.05) is 28.8 Å². The van der Waals surface area contributed by atoms with Crippen molar-refractivity contribution in [2.45, 2.75) is 20.8 Å². The van der Waals surface area contributed by atoms with E-state index < -0.39 is 0 Å². The topological polar surface area (TPSA) is 66.9 Å². The first-order valence-corrected chi connectivity index (χ1v) is 8.54. The van der Waals surface area contributed by atoms with Crippen LogP contribution < -0.4 is 10.6 Å². The first-order chi connectivity index (χ1) is 12.4. The summed E-state index contributed by atoms with van der Waals surface area (Å²) >= 11 is 5.93. The molecule has 3 rings (SSSR count). The molecule has 0 unspecified atom stereocenters. The van der Waals surface area contributed by atoms with Crippen molar-refractivity contribution in [3.05, 3.63) is 76.1 Å². The number of hydrogen-bond acceptors (Lipinski definition) is 4. The Morgan fingerprint density at radius 1 is 0.923 bits per heavy atom. The molecule has 3 aromatic rings. The molecule has 1 heterocycles. The van der Waals surface area contributed by atoms with Crippen LogP contribution in [0.2, 0.25) is 5.02 Å². The summed E-state index contributed by atoms with van der Waals surface area (Å²) in [6, 6.07) is 11.3. The van der Waals surface area contributed by atoms with Crippen molar-refractivity contribution in [2.75, 3.05) is 10.6 Å². The fourth-order valence-corrected chi connectivity index (χ4v) is 2.65. The van der Waals surface area contributed by atoms with Gasteiger partial charge in [-0.05, 0) is 67.8 Å². The van der Waals surface area contributed by atoms with Gasteiger partial charge in [0.05, 0.1) is 5.56 Å². The van der Waals surface area contributed by atoms with Crippen molar-refractivity contribution >= 4 is 34.8 Å². The molecule has 0 aliphatic rings. The van der Waals surface area contributed by atoms with Gasteiger partial charge in [-0.15, -0.1) is 0 Å². The Labute approximate surface area is 157 Å². The van der Waals surface area contributed by atoms with Crippen LogP contribution >= 0.6 is 11.6 Å². The number of carbonyl (C=O) groups is 1. The molecule has 0 atom stereocenters. The second kappa shape index (κ2) is 7.54. The van der Waals surface area contributed by atoms with Gasteiger partial charge in [0.2, 0.25) is 5.95 Å². The molecule has 0 saturated heterocycles. The summed E-state index contributed by atoms with van der Waals surface area (Å²) in [5.41, 5.74) is 5.29. The summed E-state index contributed by atoms with van der Waals surface area (Å²) in [7, 11) is 0. The molecule has 0 aliphatic heterocycles. The van der Waals surface area contributed by atoms with Crippen molar-refractivity contribution in [1.82, 2.24) is 9.97 Å². The van der Waals surface area contributed by atoms with Crippen molar-refractivity contribution < 1.29 is 4.79 Å². The van der Waals surface area contributed by atoms with Gasteiger partial charge in [-0.2, -0.15) is 0 Å². The molecular formula is C20H19ClN4O. The van der Waals surface area contributed by atoms with Crippen LogP contribution in [0.4, 0.5) is 17.3 Å². The second-order valence-corrected chi connectivity index (χ2v) is 6.57. The molecule has 1 amide bonds. The number of halogens is 1. The highest BCUT2D eigenvalue weighted by Crippen LogP contribution is 2.20. The monoisotopic (exact) mass is 366 g/mol. The van der Waals surface area contributed by atoms with Crippen molar-refractivity contribution in [3.8, 4) is 0 Å². The lowest BCUT2D eigenvalue weighted by atomic mass is 10.1. The fourth-order valence-electron chi connectivity index (χ4n) is 2.42. The van der Waals surface area contributed by atoms with Gasteiger partial charge < -0.3 is 10.6 Å². The van der Waals surface area contributed by atoms with Gasteiger partial charge in [-0.25, -0.2) is 9.97 Å². The maximum atomic E-state index is 12.4. The number of aryl methyl sites for hydroxylation is 3. The summed E-state index contributed by atoms with van der Waals surface area (Å²) in [5.74, 6) is 0.167. The Bertz CT molecular complexity index is 955. The van der Waals surface area contributed by atoms with Gasteiger partial charge in [0.15, 0.2) is 0 Å². The maximum absolute atomic E-state index is 12.4. The van der Waals surface area contributed by atoms with Crippen molar-refractivity contribution in [2.24, 2.45) is 0 Å². The van der Waals surface area contributed by atoms with Gasteiger partial charge in [0.25, 0.3) is 5.91 Å². The van der Waals surface area contributed by atoms with E-state index in [9.17, 15) is 4.79 Å². The fraction of sp³-hybridized carbons (Fsp3) is 0.150. The van der Waals surface area contributed by atoms with E-state index in [-0.39, 0.29) is 5.91 Å². The molecule has 26 heavy (non-hydrogen) atoms. The van der Waals surface area contributed by atoms with E-state index in [1.54, 1.807) is 18.2 Å². The largest absolute Gasteiger partial charge is 0.324 e. The van der Waals surface area contributed by atoms with Crippen LogP contribution in [0.3, 0.4) is 0 Å². The number of nitrogens with zero attached hydrogens (tertiary/aromatic N) is 2. The summed E-state index contributed by atoms with van der Waals surface area (Å²) in [4.78, 5) is 20.8. The first-order valence-electron chi connectivity index (χ1n) is 8.16. The molecular weight excluding hydrogens is 348 g/mol. The number of nitrogens with one attached hydrogen (secondary N) is 2. The molecule has 0 bridgehead atoms. The van der Waals surface area contributed by atoms with Crippen LogP contribution in [0.15, 0.2) is 48.8 Å². The molecule has 1 aromatic heterocycles. The summed E-state index contributed by atoms with van der Waals surface area (Å²) in [6.07, 6.45) is 2.99. The number of rotatable bonds is 4. The van der Waals surface area contributed by atoms with Gasteiger partial charge in [-0.1, -0.05) is 17.7 Å². The number of anilines is 3. The summed E-state index contributed by atoms with van der Waals surface area (Å²) < 4.78 is 0. The predicted octanol–water partition coefficient (Wildman–Crippen LogP) is 5.05. The van der Waals surface area contributed by atoms with Crippen molar-refractivity contribution in [1.29, 1.82) is 0 Å². The van der Waals surface area contributed by atoms with Crippen LogP contribution in [0.1, 0.15) is 27.0 Å². The number of benzene rings is 2. The molecule has 2 N–H and O–H groups in total. The number of amides is 1. The Morgan fingerprint density at radius 3 is 2.31 bits per heavy atom. The molecule has 0 radical (unpaired) electrons. The number of aromatic nitrogens is 2. The lowest BCUT2D eigenvalue weighted by Gasteiger charge is -2.09. The highest BCUT2D eigenvalue weighted by molar-refractivity contribution is 6.30. The zero-order valence-electron chi connectivity index (χ0n) is 14.8. The number of carbonyl (C=O) groups excluding carboxylic acids is 1. The third-order valence-corrected chi connectivity index (χ3v) is 4.35. The molecule has 2 aromatic carbocycles. The SMILES string of the molecule is Cc1ccc(Nc2ncc(C(=O)Nc3ccc(Cl)cc3C)cn2)cc1C. The molecule has 5 nitrogen and oxygen atoms in total. The van der Waals surface area contributed by atoms with Crippen LogP contribution in [0, 0.1) is 20.8 Å². The molecule has 132 valence electrons. The average molecular weight is 367 g/mol. The summed E-state index contributed by atoms with van der Waals surface area (Å²) in [6.45, 7) is 5.99. The highest BCUT2D eigenvalue weighted by Gasteiger charge is 2.10. The van der Waals surface area contributed by atoms with E-state index >= 15 is 0 Å². The highest BCUT2D eigenvalue weighted by atomic mass is 35.5. The van der Waals surface area contributed by atoms with Crippen LogP contribution in [-0.2, 0) is 0 Å². The first kappa shape index (κ1) is 17.9. The molecule has 6 heteroatoms. The minimum atomic E-state index is -0.270. The standard InChI is InChI=1S/C20H19ClN4O/c1-12-4-6-17(9-13(12)2)24-20-22-10-15(11-23-20)19(26)25-18-7-5-16(21)8-14(18)3/h4-11H,1-3H3,(H,25,26)(H,22,23,24). The lowest BCUT2D eigenvalue weighted by Crippen LogP contribution is -2.13. The van der Waals surface area contributed by atoms with E-state index in [1.165, 1.54) is 23.5 Å². The maximum Gasteiger partial charge on any atom is 0.258 e. The van der Waals surface area contributed by atoms with Crippen LogP contribution in [0.25, 0.3) is 0 Å². The zero-order valence-corrected chi connectivity index (χ0v) is 15.6. The van der Waals surface area contributed by atoms with Gasteiger partial charge in [-0.3, -0.25) is 4.79 Å². The zero-order chi connectivity index (χ0) is 18.7.